The second-order valence-corrected chi connectivity index (χ2v) is 5.82. The molecule has 2 unspecified atom stereocenters. The van der Waals surface area contributed by atoms with Gasteiger partial charge in [-0.25, -0.2) is 0 Å². The van der Waals surface area contributed by atoms with Crippen LogP contribution in [0.15, 0.2) is 23.1 Å². The van der Waals surface area contributed by atoms with Crippen LogP contribution in [0.4, 0.5) is 5.69 Å². The highest BCUT2D eigenvalue weighted by atomic mass is 35.5. The van der Waals surface area contributed by atoms with Gasteiger partial charge in [-0.05, 0) is 25.5 Å². The maximum Gasteiger partial charge on any atom is 0.233 e. The highest BCUT2D eigenvalue weighted by Crippen LogP contribution is 2.25. The van der Waals surface area contributed by atoms with Crippen molar-refractivity contribution >= 4 is 34.0 Å². The largest absolute Gasteiger partial charge is 0.398 e. The first-order valence-corrected chi connectivity index (χ1v) is 7.37. The minimum absolute atomic E-state index is 0.0677. The molecule has 1 amide bonds. The molecule has 18 heavy (non-hydrogen) atoms. The van der Waals surface area contributed by atoms with E-state index in [2.05, 4.69) is 5.32 Å². The smallest absolute Gasteiger partial charge is 0.233 e. The Morgan fingerprint density at radius 2 is 2.22 bits per heavy atom. The SMILES string of the molecule is CCC(C)NC(=O)CS(=O)c1c(N)cccc1Cl. The van der Waals surface area contributed by atoms with Crippen LogP contribution in [0.5, 0.6) is 0 Å². The predicted molar refractivity (Wildman–Crippen MR) is 75.0 cm³/mol. The van der Waals surface area contributed by atoms with Gasteiger partial charge in [0.25, 0.3) is 0 Å². The summed E-state index contributed by atoms with van der Waals surface area (Å²) in [7, 11) is -1.52. The Balaban J connectivity index is 2.74. The standard InChI is InChI=1S/C12H17ClN2O2S/c1-3-8(2)15-11(16)7-18(17)12-9(13)5-4-6-10(12)14/h4-6,8H,3,7,14H2,1-2H3,(H,15,16). The first-order valence-electron chi connectivity index (χ1n) is 5.67. The van der Waals surface area contributed by atoms with E-state index in [1.807, 2.05) is 13.8 Å². The van der Waals surface area contributed by atoms with Gasteiger partial charge in [0.2, 0.25) is 5.91 Å². The molecule has 0 heterocycles. The monoisotopic (exact) mass is 288 g/mol. The first-order chi connectivity index (χ1) is 8.45. The molecule has 1 aromatic carbocycles. The minimum atomic E-state index is -1.52. The third-order valence-corrected chi connectivity index (χ3v) is 4.37. The van der Waals surface area contributed by atoms with Crippen LogP contribution >= 0.6 is 11.6 Å². The third kappa shape index (κ3) is 3.99. The maximum atomic E-state index is 12.1. The summed E-state index contributed by atoms with van der Waals surface area (Å²) in [5.74, 6) is -0.389. The molecule has 1 aromatic rings. The van der Waals surface area contributed by atoms with Gasteiger partial charge in [-0.1, -0.05) is 24.6 Å². The van der Waals surface area contributed by atoms with E-state index in [1.54, 1.807) is 18.2 Å². The van der Waals surface area contributed by atoms with Crippen LogP contribution in [-0.2, 0) is 15.6 Å². The Bertz CT molecular complexity index is 445. The number of halogens is 1. The summed E-state index contributed by atoms with van der Waals surface area (Å²) in [5, 5.41) is 3.08. The molecule has 2 atom stereocenters. The molecule has 0 radical (unpaired) electrons. The van der Waals surface area contributed by atoms with Gasteiger partial charge in [-0.15, -0.1) is 0 Å². The van der Waals surface area contributed by atoms with E-state index in [0.717, 1.165) is 6.42 Å². The topological polar surface area (TPSA) is 72.2 Å². The van der Waals surface area contributed by atoms with E-state index in [9.17, 15) is 9.00 Å². The Morgan fingerprint density at radius 3 is 2.78 bits per heavy atom. The van der Waals surface area contributed by atoms with E-state index >= 15 is 0 Å². The number of amides is 1. The van der Waals surface area contributed by atoms with Gasteiger partial charge < -0.3 is 11.1 Å². The molecule has 0 spiro atoms. The second kappa shape index (κ2) is 6.75. The maximum absolute atomic E-state index is 12.1. The van der Waals surface area contributed by atoms with Crippen molar-refractivity contribution < 1.29 is 9.00 Å². The summed E-state index contributed by atoms with van der Waals surface area (Å²) >= 11 is 5.94. The Hall–Kier alpha value is -1.07. The van der Waals surface area contributed by atoms with Gasteiger partial charge in [0.05, 0.1) is 20.7 Å². The number of nitrogens with one attached hydrogen (secondary N) is 1. The summed E-state index contributed by atoms with van der Waals surface area (Å²) in [6.45, 7) is 3.86. The summed E-state index contributed by atoms with van der Waals surface area (Å²) in [6.07, 6.45) is 0.826. The molecule has 100 valence electrons. The zero-order valence-corrected chi connectivity index (χ0v) is 12.0. The molecular formula is C12H17ClN2O2S. The van der Waals surface area contributed by atoms with Crippen molar-refractivity contribution in [2.75, 3.05) is 11.5 Å². The van der Waals surface area contributed by atoms with Crippen molar-refractivity contribution in [1.29, 1.82) is 0 Å². The molecule has 1 rings (SSSR count). The number of hydrogen-bond donors (Lipinski definition) is 2. The summed E-state index contributed by atoms with van der Waals surface area (Å²) in [5.41, 5.74) is 6.06. The average molecular weight is 289 g/mol. The Labute approximate surface area is 114 Å². The number of benzene rings is 1. The highest BCUT2D eigenvalue weighted by molar-refractivity contribution is 7.86. The van der Waals surface area contributed by atoms with Crippen molar-refractivity contribution in [2.45, 2.75) is 31.2 Å². The quantitative estimate of drug-likeness (QED) is 0.814. The number of hydrogen-bond acceptors (Lipinski definition) is 3. The third-order valence-electron chi connectivity index (χ3n) is 2.51. The van der Waals surface area contributed by atoms with E-state index in [1.165, 1.54) is 0 Å². The Kier molecular flexibility index (Phi) is 5.62. The lowest BCUT2D eigenvalue weighted by molar-refractivity contribution is -0.119. The zero-order chi connectivity index (χ0) is 13.7. The fourth-order valence-corrected chi connectivity index (χ4v) is 2.90. The van der Waals surface area contributed by atoms with Crippen LogP contribution in [0.3, 0.4) is 0 Å². The number of anilines is 1. The number of rotatable bonds is 5. The predicted octanol–water partition coefficient (Wildman–Crippen LogP) is 1.94. The summed E-state index contributed by atoms with van der Waals surface area (Å²) in [4.78, 5) is 12.0. The van der Waals surface area contributed by atoms with Crippen molar-refractivity contribution in [1.82, 2.24) is 5.32 Å². The molecule has 0 aliphatic rings. The lowest BCUT2D eigenvalue weighted by Crippen LogP contribution is -2.35. The Morgan fingerprint density at radius 1 is 1.56 bits per heavy atom. The fraction of sp³-hybridized carbons (Fsp3) is 0.417. The van der Waals surface area contributed by atoms with Crippen LogP contribution in [0.1, 0.15) is 20.3 Å². The van der Waals surface area contributed by atoms with Crippen molar-refractivity contribution in [3.8, 4) is 0 Å². The second-order valence-electron chi connectivity index (χ2n) is 4.02. The zero-order valence-electron chi connectivity index (χ0n) is 10.4. The average Bonchev–Trinajstić information content (AvgIpc) is 2.28. The molecule has 0 saturated heterocycles. The van der Waals surface area contributed by atoms with Crippen LogP contribution in [0.25, 0.3) is 0 Å². The van der Waals surface area contributed by atoms with Gasteiger partial charge in [-0.2, -0.15) is 0 Å². The van der Waals surface area contributed by atoms with Gasteiger partial charge in [-0.3, -0.25) is 9.00 Å². The van der Waals surface area contributed by atoms with Gasteiger partial charge in [0.15, 0.2) is 0 Å². The lowest BCUT2D eigenvalue weighted by atomic mass is 10.3. The molecular weight excluding hydrogens is 272 g/mol. The van der Waals surface area contributed by atoms with Crippen LogP contribution < -0.4 is 11.1 Å². The van der Waals surface area contributed by atoms with Crippen molar-refractivity contribution in [2.24, 2.45) is 0 Å². The van der Waals surface area contributed by atoms with Gasteiger partial charge >= 0.3 is 0 Å². The number of carbonyl (C=O) groups excluding carboxylic acids is 1. The minimum Gasteiger partial charge on any atom is -0.398 e. The highest BCUT2D eigenvalue weighted by Gasteiger charge is 2.16. The van der Waals surface area contributed by atoms with Crippen LogP contribution in [-0.4, -0.2) is 21.9 Å². The molecule has 0 fully saturated rings. The first kappa shape index (κ1) is 15.0. The van der Waals surface area contributed by atoms with Crippen LogP contribution in [0, 0.1) is 0 Å². The van der Waals surface area contributed by atoms with E-state index in [-0.39, 0.29) is 17.7 Å². The fourth-order valence-electron chi connectivity index (χ4n) is 1.38. The molecule has 6 heteroatoms. The van der Waals surface area contributed by atoms with Crippen LogP contribution in [0.2, 0.25) is 5.02 Å². The molecule has 3 N–H and O–H groups in total. The summed E-state index contributed by atoms with van der Waals surface area (Å²) < 4.78 is 12.1. The lowest BCUT2D eigenvalue weighted by Gasteiger charge is -2.12. The van der Waals surface area contributed by atoms with E-state index < -0.39 is 10.8 Å². The summed E-state index contributed by atoms with van der Waals surface area (Å²) in [6, 6.07) is 4.97. The number of carbonyl (C=O) groups is 1. The van der Waals surface area contributed by atoms with E-state index in [4.69, 9.17) is 17.3 Å². The number of nitrogens with two attached hydrogens (primary N) is 1. The normalized spacial score (nSPS) is 13.9. The number of nitrogen functional groups attached to an aromatic ring is 1. The van der Waals surface area contributed by atoms with Gasteiger partial charge in [0.1, 0.15) is 5.75 Å². The molecule has 0 aliphatic heterocycles. The molecule has 0 aliphatic carbocycles. The van der Waals surface area contributed by atoms with Crippen molar-refractivity contribution in [3.05, 3.63) is 23.2 Å². The van der Waals surface area contributed by atoms with Gasteiger partial charge in [0, 0.05) is 11.7 Å². The molecule has 0 aromatic heterocycles. The molecule has 0 saturated carbocycles. The van der Waals surface area contributed by atoms with E-state index in [0.29, 0.717) is 15.6 Å². The van der Waals surface area contributed by atoms with Crippen molar-refractivity contribution in [3.63, 3.8) is 0 Å². The molecule has 0 bridgehead atoms. The molecule has 4 nitrogen and oxygen atoms in total.